The third-order valence-electron chi connectivity index (χ3n) is 2.89. The Labute approximate surface area is 131 Å². The second kappa shape index (κ2) is 8.17. The number of sulfone groups is 1. The Morgan fingerprint density at radius 1 is 1.36 bits per heavy atom. The third-order valence-corrected chi connectivity index (χ3v) is 4.58. The minimum Gasteiger partial charge on any atom is -0.477 e. The van der Waals surface area contributed by atoms with Gasteiger partial charge in [-0.25, -0.2) is 17.9 Å². The molecule has 0 aliphatic heterocycles. The van der Waals surface area contributed by atoms with E-state index in [1.807, 2.05) is 13.8 Å². The van der Waals surface area contributed by atoms with Crippen LogP contribution in [0.2, 0.25) is 0 Å². The molecular formula is C14H24N2O5S. The van der Waals surface area contributed by atoms with Gasteiger partial charge in [0.1, 0.15) is 5.56 Å². The summed E-state index contributed by atoms with van der Waals surface area (Å²) in [5, 5.41) is 4.06. The number of hydrogen-bond acceptors (Lipinski definition) is 6. The average Bonchev–Trinajstić information content (AvgIpc) is 2.86. The summed E-state index contributed by atoms with van der Waals surface area (Å²) in [4.78, 5) is 11.9. The number of carbonyl (C=O) groups excluding carboxylic acids is 1. The third kappa shape index (κ3) is 5.32. The molecule has 126 valence electrons. The van der Waals surface area contributed by atoms with Crippen molar-refractivity contribution in [1.29, 1.82) is 0 Å². The van der Waals surface area contributed by atoms with Crippen LogP contribution in [0, 0.1) is 5.92 Å². The number of rotatable bonds is 9. The maximum absolute atomic E-state index is 11.9. The summed E-state index contributed by atoms with van der Waals surface area (Å²) in [5.41, 5.74) is 0.219. The highest BCUT2D eigenvalue weighted by Gasteiger charge is 2.21. The molecule has 0 fully saturated rings. The van der Waals surface area contributed by atoms with Crippen LogP contribution < -0.4 is 4.74 Å². The van der Waals surface area contributed by atoms with Gasteiger partial charge in [0.15, 0.2) is 9.84 Å². The quantitative estimate of drug-likeness (QED) is 0.637. The molecule has 1 aromatic rings. The summed E-state index contributed by atoms with van der Waals surface area (Å²) in [6.07, 6.45) is 1.35. The van der Waals surface area contributed by atoms with E-state index in [0.29, 0.717) is 6.61 Å². The molecular weight excluding hydrogens is 308 g/mol. The summed E-state index contributed by atoms with van der Waals surface area (Å²) in [5.74, 6) is 0.0224. The number of hydrogen-bond donors (Lipinski definition) is 0. The van der Waals surface area contributed by atoms with Gasteiger partial charge in [-0.3, -0.25) is 0 Å². The van der Waals surface area contributed by atoms with Crippen LogP contribution in [0.25, 0.3) is 0 Å². The zero-order chi connectivity index (χ0) is 16.8. The first kappa shape index (κ1) is 18.5. The number of aromatic nitrogens is 2. The van der Waals surface area contributed by atoms with E-state index in [4.69, 9.17) is 9.47 Å². The standard InChI is InChI=1S/C14H24N2O5S/c1-5-20-14(17)12-9-15-16(7-8-22(18,19)6-2)13(12)21-10-11(3)4/h9,11H,5-8,10H2,1-4H3. The molecule has 0 saturated heterocycles. The molecule has 0 spiro atoms. The molecule has 0 radical (unpaired) electrons. The maximum Gasteiger partial charge on any atom is 0.345 e. The van der Waals surface area contributed by atoms with Crippen molar-refractivity contribution in [2.24, 2.45) is 5.92 Å². The van der Waals surface area contributed by atoms with Crippen LogP contribution in [0.15, 0.2) is 6.20 Å². The Hall–Kier alpha value is -1.57. The van der Waals surface area contributed by atoms with E-state index in [1.54, 1.807) is 13.8 Å². The van der Waals surface area contributed by atoms with Gasteiger partial charge in [-0.15, -0.1) is 0 Å². The molecule has 0 aliphatic carbocycles. The number of ether oxygens (including phenoxy) is 2. The fourth-order valence-corrected chi connectivity index (χ4v) is 2.39. The number of carbonyl (C=O) groups is 1. The molecule has 8 heteroatoms. The molecule has 0 aliphatic rings. The van der Waals surface area contributed by atoms with Crippen LogP contribution in [0.5, 0.6) is 5.88 Å². The minimum absolute atomic E-state index is 0.0501. The monoisotopic (exact) mass is 332 g/mol. The predicted molar refractivity (Wildman–Crippen MR) is 82.8 cm³/mol. The van der Waals surface area contributed by atoms with Crippen molar-refractivity contribution in [2.45, 2.75) is 34.2 Å². The van der Waals surface area contributed by atoms with Crippen molar-refractivity contribution in [3.8, 4) is 5.88 Å². The zero-order valence-corrected chi connectivity index (χ0v) is 14.4. The Kier molecular flexibility index (Phi) is 6.86. The van der Waals surface area contributed by atoms with Crippen LogP contribution >= 0.6 is 0 Å². The van der Waals surface area contributed by atoms with Crippen LogP contribution in [0.1, 0.15) is 38.1 Å². The summed E-state index contributed by atoms with van der Waals surface area (Å²) < 4.78 is 35.2. The molecule has 0 unspecified atom stereocenters. The number of nitrogens with zero attached hydrogens (tertiary/aromatic N) is 2. The first-order valence-corrected chi connectivity index (χ1v) is 9.19. The highest BCUT2D eigenvalue weighted by molar-refractivity contribution is 7.91. The summed E-state index contributed by atoms with van der Waals surface area (Å²) in [7, 11) is -3.12. The lowest BCUT2D eigenvalue weighted by Crippen LogP contribution is -2.18. The highest BCUT2D eigenvalue weighted by Crippen LogP contribution is 2.20. The zero-order valence-electron chi connectivity index (χ0n) is 13.5. The maximum atomic E-state index is 11.9. The van der Waals surface area contributed by atoms with Crippen molar-refractivity contribution in [3.63, 3.8) is 0 Å². The summed E-state index contributed by atoms with van der Waals surface area (Å²) in [6.45, 7) is 8.06. The Balaban J connectivity index is 2.97. The second-order valence-electron chi connectivity index (χ2n) is 5.25. The van der Waals surface area contributed by atoms with Crippen LogP contribution in [-0.4, -0.2) is 48.9 Å². The fourth-order valence-electron chi connectivity index (χ4n) is 1.65. The SMILES string of the molecule is CCOC(=O)c1cnn(CCS(=O)(=O)CC)c1OCC(C)C. The van der Waals surface area contributed by atoms with Crippen LogP contribution in [0.4, 0.5) is 0 Å². The van der Waals surface area contributed by atoms with Gasteiger partial charge < -0.3 is 9.47 Å². The van der Waals surface area contributed by atoms with Gasteiger partial charge in [0.2, 0.25) is 5.88 Å². The summed E-state index contributed by atoms with van der Waals surface area (Å²) in [6, 6.07) is 0. The van der Waals surface area contributed by atoms with Gasteiger partial charge in [0.25, 0.3) is 0 Å². The van der Waals surface area contributed by atoms with E-state index in [0.717, 1.165) is 0 Å². The van der Waals surface area contributed by atoms with Crippen molar-refractivity contribution < 1.29 is 22.7 Å². The van der Waals surface area contributed by atoms with Crippen molar-refractivity contribution in [2.75, 3.05) is 24.7 Å². The van der Waals surface area contributed by atoms with E-state index in [2.05, 4.69) is 5.10 Å². The normalized spacial score (nSPS) is 11.7. The molecule has 22 heavy (non-hydrogen) atoms. The Bertz CT molecular complexity index is 592. The highest BCUT2D eigenvalue weighted by atomic mass is 32.2. The average molecular weight is 332 g/mol. The van der Waals surface area contributed by atoms with Gasteiger partial charge in [-0.2, -0.15) is 5.10 Å². The van der Waals surface area contributed by atoms with Crippen LogP contribution in [-0.2, 0) is 21.1 Å². The molecule has 0 saturated carbocycles. The van der Waals surface area contributed by atoms with Crippen molar-refractivity contribution in [1.82, 2.24) is 9.78 Å². The van der Waals surface area contributed by atoms with Crippen molar-refractivity contribution >= 4 is 15.8 Å². The molecule has 0 aromatic carbocycles. The smallest absolute Gasteiger partial charge is 0.345 e. The van der Waals surface area contributed by atoms with E-state index in [9.17, 15) is 13.2 Å². The molecule has 0 atom stereocenters. The van der Waals surface area contributed by atoms with E-state index >= 15 is 0 Å². The molecule has 0 amide bonds. The first-order valence-electron chi connectivity index (χ1n) is 7.36. The van der Waals surface area contributed by atoms with Gasteiger partial charge in [0, 0.05) is 5.75 Å². The second-order valence-corrected chi connectivity index (χ2v) is 7.72. The Morgan fingerprint density at radius 3 is 2.59 bits per heavy atom. The van der Waals surface area contributed by atoms with Gasteiger partial charge in [0.05, 0.1) is 31.7 Å². The number of esters is 1. The Morgan fingerprint density at radius 2 is 2.05 bits per heavy atom. The van der Waals surface area contributed by atoms with Crippen LogP contribution in [0.3, 0.4) is 0 Å². The van der Waals surface area contributed by atoms with Gasteiger partial charge in [-0.1, -0.05) is 20.8 Å². The fraction of sp³-hybridized carbons (Fsp3) is 0.714. The summed E-state index contributed by atoms with van der Waals surface area (Å²) >= 11 is 0. The molecule has 0 bridgehead atoms. The van der Waals surface area contributed by atoms with Gasteiger partial charge in [-0.05, 0) is 12.8 Å². The molecule has 7 nitrogen and oxygen atoms in total. The predicted octanol–water partition coefficient (Wildman–Crippen LogP) is 1.53. The lowest BCUT2D eigenvalue weighted by Gasteiger charge is -2.12. The number of aryl methyl sites for hydroxylation is 1. The molecule has 1 heterocycles. The lowest BCUT2D eigenvalue weighted by molar-refractivity contribution is 0.0520. The van der Waals surface area contributed by atoms with E-state index in [1.165, 1.54) is 10.9 Å². The molecule has 0 N–H and O–H groups in total. The van der Waals surface area contributed by atoms with E-state index < -0.39 is 15.8 Å². The minimum atomic E-state index is -3.12. The largest absolute Gasteiger partial charge is 0.477 e. The topological polar surface area (TPSA) is 87.5 Å². The molecule has 1 aromatic heterocycles. The van der Waals surface area contributed by atoms with Crippen molar-refractivity contribution in [3.05, 3.63) is 11.8 Å². The van der Waals surface area contributed by atoms with E-state index in [-0.39, 0.29) is 42.0 Å². The molecule has 1 rings (SSSR count). The first-order chi connectivity index (χ1) is 10.3. The van der Waals surface area contributed by atoms with Gasteiger partial charge >= 0.3 is 5.97 Å². The lowest BCUT2D eigenvalue weighted by atomic mass is 10.2.